The Hall–Kier alpha value is -2.55. The second-order valence-corrected chi connectivity index (χ2v) is 8.09. The summed E-state index contributed by atoms with van der Waals surface area (Å²) in [4.78, 5) is 43.6. The number of amides is 1. The lowest BCUT2D eigenvalue weighted by molar-refractivity contribution is -0.147. The van der Waals surface area contributed by atoms with Crippen molar-refractivity contribution in [3.63, 3.8) is 0 Å². The molecule has 1 unspecified atom stereocenters. The zero-order valence-electron chi connectivity index (χ0n) is 16.0. The summed E-state index contributed by atoms with van der Waals surface area (Å²) in [7, 11) is 1.58. The van der Waals surface area contributed by atoms with E-state index >= 15 is 0 Å². The fourth-order valence-corrected chi connectivity index (χ4v) is 4.55. The number of carbonyl (C=O) groups excluding carboxylic acids is 1. The number of aliphatic carboxylic acids is 1. The Kier molecular flexibility index (Phi) is 4.67. The van der Waals surface area contributed by atoms with Crippen molar-refractivity contribution in [2.24, 2.45) is 7.05 Å². The molecule has 1 N–H and O–H groups in total. The van der Waals surface area contributed by atoms with Gasteiger partial charge in [0.2, 0.25) is 0 Å². The predicted molar refractivity (Wildman–Crippen MR) is 101 cm³/mol. The van der Waals surface area contributed by atoms with Crippen LogP contribution in [-0.4, -0.2) is 48.7 Å². The van der Waals surface area contributed by atoms with Crippen LogP contribution in [0.4, 0.5) is 0 Å². The maximum Gasteiger partial charge on any atom is 0.329 e. The summed E-state index contributed by atoms with van der Waals surface area (Å²) in [5, 5.41) is 14.2. The van der Waals surface area contributed by atoms with Crippen molar-refractivity contribution in [3.05, 3.63) is 32.2 Å². The van der Waals surface area contributed by atoms with E-state index in [1.54, 1.807) is 27.8 Å². The quantitative estimate of drug-likeness (QED) is 0.858. The van der Waals surface area contributed by atoms with Crippen molar-refractivity contribution < 1.29 is 14.7 Å². The summed E-state index contributed by atoms with van der Waals surface area (Å²) >= 11 is 1.13. The van der Waals surface area contributed by atoms with Crippen molar-refractivity contribution in [1.82, 2.24) is 19.7 Å². The number of aryl methyl sites for hydroxylation is 3. The molecule has 0 aliphatic carbocycles. The van der Waals surface area contributed by atoms with E-state index in [2.05, 4.69) is 10.1 Å². The van der Waals surface area contributed by atoms with Crippen molar-refractivity contribution in [3.8, 4) is 10.6 Å². The highest BCUT2D eigenvalue weighted by atomic mass is 32.1. The summed E-state index contributed by atoms with van der Waals surface area (Å²) in [5.74, 6) is -1.36. The molecule has 2 aromatic rings. The molecule has 0 saturated carbocycles. The van der Waals surface area contributed by atoms with Crippen molar-refractivity contribution in [1.29, 1.82) is 0 Å². The number of rotatable bonds is 3. The minimum absolute atomic E-state index is 0.276. The number of carboxylic acids is 1. The SMILES string of the molecule is Cc1nc(-c2c(C)c(C)nn(C)c2=O)sc1C(=O)N1CCCC1(C)C(=O)O. The highest BCUT2D eigenvalue weighted by Gasteiger charge is 2.46. The lowest BCUT2D eigenvalue weighted by Crippen LogP contribution is -2.50. The Morgan fingerprint density at radius 1 is 1.22 bits per heavy atom. The van der Waals surface area contributed by atoms with E-state index in [1.165, 1.54) is 9.58 Å². The number of likely N-dealkylation sites (tertiary alicyclic amines) is 1. The third-order valence-electron chi connectivity index (χ3n) is 5.28. The maximum absolute atomic E-state index is 13.1. The van der Waals surface area contributed by atoms with E-state index in [0.717, 1.165) is 16.9 Å². The lowest BCUT2D eigenvalue weighted by atomic mass is 9.99. The van der Waals surface area contributed by atoms with Gasteiger partial charge in [-0.25, -0.2) is 14.5 Å². The largest absolute Gasteiger partial charge is 0.480 e. The topological polar surface area (TPSA) is 105 Å². The van der Waals surface area contributed by atoms with Crippen LogP contribution in [0.5, 0.6) is 0 Å². The van der Waals surface area contributed by atoms with Crippen molar-refractivity contribution in [2.75, 3.05) is 6.54 Å². The highest BCUT2D eigenvalue weighted by molar-refractivity contribution is 7.17. The molecule has 3 heterocycles. The molecule has 2 aromatic heterocycles. The maximum atomic E-state index is 13.1. The van der Waals surface area contributed by atoms with Gasteiger partial charge in [0.15, 0.2) is 0 Å². The molecule has 1 amide bonds. The average Bonchev–Trinajstić information content (AvgIpc) is 3.17. The molecule has 9 heteroatoms. The Balaban J connectivity index is 2.08. The fourth-order valence-electron chi connectivity index (χ4n) is 3.44. The fraction of sp³-hybridized carbons (Fsp3) is 0.500. The molecule has 1 atom stereocenters. The summed E-state index contributed by atoms with van der Waals surface area (Å²) in [6.07, 6.45) is 1.06. The zero-order valence-corrected chi connectivity index (χ0v) is 16.8. The van der Waals surface area contributed by atoms with Gasteiger partial charge in [-0.3, -0.25) is 9.59 Å². The first-order valence-corrected chi connectivity index (χ1v) is 9.47. The van der Waals surface area contributed by atoms with Gasteiger partial charge in [0.05, 0.1) is 17.0 Å². The van der Waals surface area contributed by atoms with Crippen LogP contribution in [0.2, 0.25) is 0 Å². The second kappa shape index (κ2) is 6.56. The number of carboxylic acid groups (broad SMARTS) is 1. The first-order valence-electron chi connectivity index (χ1n) is 8.65. The Morgan fingerprint density at radius 3 is 2.52 bits per heavy atom. The van der Waals surface area contributed by atoms with Crippen LogP contribution < -0.4 is 5.56 Å². The summed E-state index contributed by atoms with van der Waals surface area (Å²) in [6, 6.07) is 0. The normalized spacial score (nSPS) is 19.5. The van der Waals surface area contributed by atoms with Crippen LogP contribution in [0.15, 0.2) is 4.79 Å². The Labute approximate surface area is 160 Å². The highest BCUT2D eigenvalue weighted by Crippen LogP contribution is 2.35. The zero-order chi connectivity index (χ0) is 20.1. The molecule has 1 fully saturated rings. The van der Waals surface area contributed by atoms with Gasteiger partial charge in [0.1, 0.15) is 15.4 Å². The van der Waals surface area contributed by atoms with Gasteiger partial charge >= 0.3 is 5.97 Å². The lowest BCUT2D eigenvalue weighted by Gasteiger charge is -2.30. The number of nitrogens with zero attached hydrogens (tertiary/aromatic N) is 4. The number of hydrogen-bond acceptors (Lipinski definition) is 6. The predicted octanol–water partition coefficient (Wildman–Crippen LogP) is 1.91. The van der Waals surface area contributed by atoms with Crippen LogP contribution >= 0.6 is 11.3 Å². The summed E-state index contributed by atoms with van der Waals surface area (Å²) < 4.78 is 1.26. The Morgan fingerprint density at radius 2 is 1.89 bits per heavy atom. The molecule has 0 aromatic carbocycles. The molecule has 27 heavy (non-hydrogen) atoms. The van der Waals surface area contributed by atoms with E-state index in [0.29, 0.717) is 46.2 Å². The monoisotopic (exact) mass is 390 g/mol. The summed E-state index contributed by atoms with van der Waals surface area (Å²) in [5.41, 5.74) is 0.873. The van der Waals surface area contributed by atoms with Crippen molar-refractivity contribution in [2.45, 2.75) is 46.1 Å². The van der Waals surface area contributed by atoms with Crippen LogP contribution in [0.3, 0.4) is 0 Å². The standard InChI is InChI=1S/C18H22N4O4S/c1-9-10(2)20-21(5)15(23)12(9)14-19-11(3)13(27-14)16(24)22-8-6-7-18(22,4)17(25)26/h6-8H2,1-5H3,(H,25,26). The van der Waals surface area contributed by atoms with Crippen LogP contribution in [0, 0.1) is 20.8 Å². The van der Waals surface area contributed by atoms with Gasteiger partial charge < -0.3 is 10.0 Å². The summed E-state index contributed by atoms with van der Waals surface area (Å²) in [6.45, 7) is 7.29. The van der Waals surface area contributed by atoms with Crippen LogP contribution in [0.1, 0.15) is 46.4 Å². The second-order valence-electron chi connectivity index (χ2n) is 7.09. The smallest absolute Gasteiger partial charge is 0.329 e. The Bertz CT molecular complexity index is 1010. The van der Waals surface area contributed by atoms with Gasteiger partial charge in [-0.2, -0.15) is 5.10 Å². The van der Waals surface area contributed by atoms with E-state index in [-0.39, 0.29) is 11.5 Å². The van der Waals surface area contributed by atoms with Crippen molar-refractivity contribution >= 4 is 23.2 Å². The van der Waals surface area contributed by atoms with Gasteiger partial charge in [-0.05, 0) is 46.1 Å². The third kappa shape index (κ3) is 2.95. The van der Waals surface area contributed by atoms with E-state index in [1.807, 2.05) is 6.92 Å². The van der Waals surface area contributed by atoms with Crippen LogP contribution in [0.25, 0.3) is 10.6 Å². The minimum Gasteiger partial charge on any atom is -0.480 e. The first-order chi connectivity index (χ1) is 12.6. The average molecular weight is 390 g/mol. The first kappa shape index (κ1) is 19.2. The third-order valence-corrected chi connectivity index (χ3v) is 6.44. The number of hydrogen-bond donors (Lipinski definition) is 1. The minimum atomic E-state index is -1.22. The molecule has 1 aliphatic heterocycles. The van der Waals surface area contributed by atoms with E-state index in [4.69, 9.17) is 0 Å². The van der Waals surface area contributed by atoms with Gasteiger partial charge in [-0.15, -0.1) is 11.3 Å². The molecular weight excluding hydrogens is 368 g/mol. The molecule has 0 radical (unpaired) electrons. The van der Waals surface area contributed by atoms with Gasteiger partial charge in [-0.1, -0.05) is 0 Å². The number of carbonyl (C=O) groups is 2. The number of thiazole rings is 1. The van der Waals surface area contributed by atoms with Crippen LogP contribution in [-0.2, 0) is 11.8 Å². The molecule has 144 valence electrons. The van der Waals surface area contributed by atoms with E-state index < -0.39 is 11.5 Å². The molecule has 3 rings (SSSR count). The van der Waals surface area contributed by atoms with Gasteiger partial charge in [0, 0.05) is 13.6 Å². The molecule has 1 saturated heterocycles. The van der Waals surface area contributed by atoms with Gasteiger partial charge in [0.25, 0.3) is 11.5 Å². The molecule has 1 aliphatic rings. The number of aromatic nitrogens is 3. The molecular formula is C18H22N4O4S. The van der Waals surface area contributed by atoms with E-state index in [9.17, 15) is 19.5 Å². The molecule has 0 bridgehead atoms. The molecule has 0 spiro atoms. The molecule has 8 nitrogen and oxygen atoms in total.